The van der Waals surface area contributed by atoms with E-state index in [2.05, 4.69) is 62.2 Å². The molecule has 1 aliphatic rings. The number of aromatic hydroxyl groups is 1. The summed E-state index contributed by atoms with van der Waals surface area (Å²) < 4.78 is 1.86. The van der Waals surface area contributed by atoms with Crippen molar-refractivity contribution in [3.05, 3.63) is 59.7 Å². The fourth-order valence-corrected chi connectivity index (χ4v) is 4.15. The summed E-state index contributed by atoms with van der Waals surface area (Å²) in [5.74, 6) is -0.0502. The molecule has 0 aliphatic heterocycles. The van der Waals surface area contributed by atoms with Crippen molar-refractivity contribution in [1.29, 1.82) is 0 Å². The van der Waals surface area contributed by atoms with Gasteiger partial charge in [-0.05, 0) is 41.4 Å². The Hall–Kier alpha value is -2.95. The molecule has 4 rings (SSSR count). The molecule has 2 atom stereocenters. The molecule has 2 aromatic carbocycles. The largest absolute Gasteiger partial charge is 0.493 e. The SMILES string of the molecule is CCCCn1c(O)c(N=NC(=O)[C@H]2C[C@@H]2c2ccc(C(C)(C)C)cc2)c2ccccc21. The van der Waals surface area contributed by atoms with Gasteiger partial charge in [-0.1, -0.05) is 76.6 Å². The molecule has 1 saturated carbocycles. The van der Waals surface area contributed by atoms with Crippen LogP contribution < -0.4 is 0 Å². The number of benzene rings is 2. The van der Waals surface area contributed by atoms with E-state index in [9.17, 15) is 9.90 Å². The molecule has 1 N–H and O–H groups in total. The zero-order chi connectivity index (χ0) is 22.2. The quantitative estimate of drug-likeness (QED) is 0.445. The predicted molar refractivity (Wildman–Crippen MR) is 124 cm³/mol. The Balaban J connectivity index is 1.50. The van der Waals surface area contributed by atoms with Crippen LogP contribution in [-0.4, -0.2) is 15.6 Å². The minimum absolute atomic E-state index is 0.0799. The molecular weight excluding hydrogens is 386 g/mol. The van der Waals surface area contributed by atoms with Gasteiger partial charge in [-0.3, -0.25) is 4.79 Å². The first kappa shape index (κ1) is 21.3. The van der Waals surface area contributed by atoms with Gasteiger partial charge in [0.05, 0.1) is 5.52 Å². The number of rotatable bonds is 6. The minimum Gasteiger partial charge on any atom is -0.493 e. The van der Waals surface area contributed by atoms with Crippen LogP contribution in [0.25, 0.3) is 10.9 Å². The molecule has 1 amide bonds. The number of aromatic nitrogens is 1. The molecule has 1 fully saturated rings. The molecule has 0 unspecified atom stereocenters. The number of hydrogen-bond donors (Lipinski definition) is 1. The van der Waals surface area contributed by atoms with Crippen LogP contribution in [0.4, 0.5) is 5.69 Å². The Morgan fingerprint density at radius 3 is 2.52 bits per heavy atom. The number of aryl methyl sites for hydroxylation is 1. The Morgan fingerprint density at radius 1 is 1.13 bits per heavy atom. The van der Waals surface area contributed by atoms with E-state index in [1.165, 1.54) is 11.1 Å². The molecular formula is C26H31N3O2. The van der Waals surface area contributed by atoms with Gasteiger partial charge in [0.1, 0.15) is 0 Å². The number of azo groups is 1. The fraction of sp³-hybridized carbons (Fsp3) is 0.423. The summed E-state index contributed by atoms with van der Waals surface area (Å²) in [5.41, 5.74) is 3.88. The van der Waals surface area contributed by atoms with Crippen LogP contribution in [0.3, 0.4) is 0 Å². The van der Waals surface area contributed by atoms with Gasteiger partial charge in [-0.15, -0.1) is 10.2 Å². The number of fused-ring (bicyclic) bond motifs is 1. The molecule has 0 saturated heterocycles. The van der Waals surface area contributed by atoms with Crippen LogP contribution in [0.1, 0.15) is 64.0 Å². The molecule has 31 heavy (non-hydrogen) atoms. The smallest absolute Gasteiger partial charge is 0.268 e. The highest BCUT2D eigenvalue weighted by Gasteiger charge is 2.44. The van der Waals surface area contributed by atoms with Gasteiger partial charge in [-0.2, -0.15) is 0 Å². The molecule has 0 bridgehead atoms. The second-order valence-electron chi connectivity index (χ2n) is 9.55. The summed E-state index contributed by atoms with van der Waals surface area (Å²) >= 11 is 0. The van der Waals surface area contributed by atoms with Crippen LogP contribution in [0.15, 0.2) is 58.8 Å². The first-order chi connectivity index (χ1) is 14.8. The van der Waals surface area contributed by atoms with Crippen molar-refractivity contribution in [2.45, 2.75) is 64.8 Å². The maximum atomic E-state index is 12.7. The third-order valence-corrected chi connectivity index (χ3v) is 6.21. The Morgan fingerprint density at radius 2 is 1.84 bits per heavy atom. The van der Waals surface area contributed by atoms with Crippen molar-refractivity contribution in [2.24, 2.45) is 16.1 Å². The number of hydrogen-bond acceptors (Lipinski definition) is 3. The van der Waals surface area contributed by atoms with E-state index in [4.69, 9.17) is 0 Å². The second kappa shape index (κ2) is 8.29. The van der Waals surface area contributed by atoms with E-state index < -0.39 is 0 Å². The molecule has 1 aliphatic carbocycles. The van der Waals surface area contributed by atoms with Crippen LogP contribution in [0.5, 0.6) is 5.88 Å². The number of amides is 1. The van der Waals surface area contributed by atoms with Gasteiger partial charge in [0.2, 0.25) is 5.88 Å². The monoisotopic (exact) mass is 417 g/mol. The lowest BCUT2D eigenvalue weighted by Gasteiger charge is -2.19. The molecule has 5 nitrogen and oxygen atoms in total. The van der Waals surface area contributed by atoms with E-state index >= 15 is 0 Å². The third kappa shape index (κ3) is 4.27. The van der Waals surface area contributed by atoms with E-state index in [1.807, 2.05) is 28.8 Å². The lowest BCUT2D eigenvalue weighted by atomic mass is 9.86. The molecule has 1 aromatic heterocycles. The average Bonchev–Trinajstić information content (AvgIpc) is 3.50. The Labute approximate surface area is 183 Å². The Kier molecular flexibility index (Phi) is 5.69. The van der Waals surface area contributed by atoms with Gasteiger partial charge in [0.15, 0.2) is 5.69 Å². The van der Waals surface area contributed by atoms with Crippen LogP contribution in [0.2, 0.25) is 0 Å². The summed E-state index contributed by atoms with van der Waals surface area (Å²) in [5, 5.41) is 19.8. The van der Waals surface area contributed by atoms with Crippen molar-refractivity contribution in [3.63, 3.8) is 0 Å². The van der Waals surface area contributed by atoms with Gasteiger partial charge in [0.25, 0.3) is 5.91 Å². The number of para-hydroxylation sites is 1. The first-order valence-electron chi connectivity index (χ1n) is 11.2. The summed E-state index contributed by atoms with van der Waals surface area (Å²) in [6.07, 6.45) is 2.79. The normalized spacial score (nSPS) is 18.7. The number of unbranched alkanes of at least 4 members (excludes halogenated alkanes) is 1. The maximum Gasteiger partial charge on any atom is 0.268 e. The second-order valence-corrected chi connectivity index (χ2v) is 9.55. The highest BCUT2D eigenvalue weighted by Crippen LogP contribution is 2.49. The van der Waals surface area contributed by atoms with Crippen molar-refractivity contribution in [2.75, 3.05) is 0 Å². The number of carbonyl (C=O) groups excluding carboxylic acids is 1. The molecule has 1 heterocycles. The highest BCUT2D eigenvalue weighted by molar-refractivity contribution is 5.95. The summed E-state index contributed by atoms with van der Waals surface area (Å²) in [6, 6.07) is 16.3. The summed E-state index contributed by atoms with van der Waals surface area (Å²) in [4.78, 5) is 12.7. The average molecular weight is 418 g/mol. The number of carbonyl (C=O) groups is 1. The fourth-order valence-electron chi connectivity index (χ4n) is 4.15. The summed E-state index contributed by atoms with van der Waals surface area (Å²) in [7, 11) is 0. The Bertz CT molecular complexity index is 1120. The van der Waals surface area contributed by atoms with E-state index in [0.717, 1.165) is 30.2 Å². The minimum atomic E-state index is -0.213. The molecule has 5 heteroatoms. The van der Waals surface area contributed by atoms with Crippen molar-refractivity contribution >= 4 is 22.5 Å². The molecule has 162 valence electrons. The van der Waals surface area contributed by atoms with Gasteiger partial charge in [-0.25, -0.2) is 0 Å². The van der Waals surface area contributed by atoms with E-state index in [1.54, 1.807) is 0 Å². The zero-order valence-corrected chi connectivity index (χ0v) is 18.8. The first-order valence-corrected chi connectivity index (χ1v) is 11.2. The topological polar surface area (TPSA) is 66.9 Å². The lowest BCUT2D eigenvalue weighted by molar-refractivity contribution is -0.119. The van der Waals surface area contributed by atoms with Crippen molar-refractivity contribution in [3.8, 4) is 5.88 Å². The van der Waals surface area contributed by atoms with Crippen molar-refractivity contribution < 1.29 is 9.90 Å². The molecule has 3 aromatic rings. The van der Waals surface area contributed by atoms with E-state index in [-0.39, 0.29) is 29.0 Å². The van der Waals surface area contributed by atoms with Crippen molar-refractivity contribution in [1.82, 2.24) is 4.57 Å². The van der Waals surface area contributed by atoms with Crippen LogP contribution in [0, 0.1) is 5.92 Å². The highest BCUT2D eigenvalue weighted by atomic mass is 16.3. The number of nitrogens with zero attached hydrogens (tertiary/aromatic N) is 3. The zero-order valence-electron chi connectivity index (χ0n) is 18.8. The van der Waals surface area contributed by atoms with E-state index in [0.29, 0.717) is 12.2 Å². The van der Waals surface area contributed by atoms with Gasteiger partial charge < -0.3 is 9.67 Å². The maximum absolute atomic E-state index is 12.7. The third-order valence-electron chi connectivity index (χ3n) is 6.21. The lowest BCUT2D eigenvalue weighted by Crippen LogP contribution is -2.10. The molecule has 0 radical (unpaired) electrons. The summed E-state index contributed by atoms with van der Waals surface area (Å²) in [6.45, 7) is 9.41. The van der Waals surface area contributed by atoms with Crippen LogP contribution in [-0.2, 0) is 16.8 Å². The van der Waals surface area contributed by atoms with Crippen LogP contribution >= 0.6 is 0 Å². The standard InChI is InChI=1S/C26H31N3O2/c1-5-6-15-29-22-10-8-7-9-19(22)23(25(29)31)27-28-24(30)21-16-20(21)17-11-13-18(14-12-17)26(2,3)4/h7-14,20-21,31H,5-6,15-16H2,1-4H3/t20-,21+/m1/s1. The molecule has 0 spiro atoms. The van der Waals surface area contributed by atoms with Gasteiger partial charge >= 0.3 is 0 Å². The van der Waals surface area contributed by atoms with Gasteiger partial charge in [0, 0.05) is 17.8 Å². The predicted octanol–water partition coefficient (Wildman–Crippen LogP) is 6.86.